The number of ether oxygens (including phenoxy) is 1. The Bertz CT molecular complexity index is 704. The molecule has 0 bridgehead atoms. The normalized spacial score (nSPS) is 48.7. The molecule has 0 amide bonds. The number of rotatable bonds is 0. The van der Waals surface area contributed by atoms with Crippen molar-refractivity contribution < 1.29 is 14.3 Å². The van der Waals surface area contributed by atoms with Gasteiger partial charge in [0.15, 0.2) is 5.78 Å². The highest BCUT2D eigenvalue weighted by Crippen LogP contribution is 2.68. The molecule has 1 aliphatic heterocycles. The van der Waals surface area contributed by atoms with Crippen molar-refractivity contribution in [2.45, 2.75) is 70.3 Å². The van der Waals surface area contributed by atoms with Gasteiger partial charge >= 0.3 is 5.97 Å². The summed E-state index contributed by atoms with van der Waals surface area (Å²) in [4.78, 5) is 23.8. The lowest BCUT2D eigenvalue weighted by molar-refractivity contribution is -0.165. The molecular weight excluding hydrogens is 312 g/mol. The lowest BCUT2D eigenvalue weighted by atomic mass is 9.50. The standard InChI is InChI=1S/C22H28O3/c1-13-11-18-16(15-4-3-14(23)12-17(13)15)5-8-21(2)19(18)6-9-22(21)10-7-20(24)25-22/h12,15-16,18-19H,1,3-11H2,2H3/t15-,16?,18?,19?,21+,22-/m1/s1. The van der Waals surface area contributed by atoms with Gasteiger partial charge in [0, 0.05) is 18.3 Å². The molecule has 0 aromatic heterocycles. The van der Waals surface area contributed by atoms with Gasteiger partial charge in [-0.2, -0.15) is 0 Å². The maximum Gasteiger partial charge on any atom is 0.306 e. The van der Waals surface area contributed by atoms with E-state index in [0.717, 1.165) is 32.1 Å². The molecule has 3 nitrogen and oxygen atoms in total. The first kappa shape index (κ1) is 15.8. The Morgan fingerprint density at radius 2 is 1.92 bits per heavy atom. The predicted octanol–water partition coefficient (Wildman–Crippen LogP) is 4.37. The van der Waals surface area contributed by atoms with Crippen LogP contribution in [0.2, 0.25) is 0 Å². The van der Waals surface area contributed by atoms with Crippen LogP contribution in [0.3, 0.4) is 0 Å². The molecule has 0 aromatic rings. The highest BCUT2D eigenvalue weighted by Gasteiger charge is 2.66. The molecule has 4 fully saturated rings. The van der Waals surface area contributed by atoms with Crippen molar-refractivity contribution >= 4 is 11.8 Å². The second-order valence-corrected chi connectivity index (χ2v) is 9.42. The minimum absolute atomic E-state index is 0.00747. The minimum atomic E-state index is -0.195. The molecule has 1 spiro atoms. The molecule has 1 heterocycles. The van der Waals surface area contributed by atoms with Gasteiger partial charge in [0.25, 0.3) is 0 Å². The van der Waals surface area contributed by atoms with Crippen LogP contribution in [-0.4, -0.2) is 17.4 Å². The monoisotopic (exact) mass is 340 g/mol. The Labute approximate surface area is 149 Å². The summed E-state index contributed by atoms with van der Waals surface area (Å²) in [6.45, 7) is 6.76. The molecule has 134 valence electrons. The molecule has 3 heteroatoms. The Morgan fingerprint density at radius 3 is 2.68 bits per heavy atom. The zero-order valence-corrected chi connectivity index (χ0v) is 15.2. The van der Waals surface area contributed by atoms with Crippen LogP contribution in [0.4, 0.5) is 0 Å². The molecule has 1 saturated heterocycles. The SMILES string of the molecule is C=C1CC2C(CC[C@@]3(C)C2CC[C@@]32CCC(=O)O2)[C@H]2CCC(=O)C=C12. The predicted molar refractivity (Wildman–Crippen MR) is 94.7 cm³/mol. The van der Waals surface area contributed by atoms with E-state index in [-0.39, 0.29) is 22.8 Å². The van der Waals surface area contributed by atoms with Crippen LogP contribution >= 0.6 is 0 Å². The maximum atomic E-state index is 11.9. The molecule has 3 saturated carbocycles. The molecule has 4 aliphatic carbocycles. The van der Waals surface area contributed by atoms with Crippen molar-refractivity contribution in [3.8, 4) is 0 Å². The fourth-order valence-corrected chi connectivity index (χ4v) is 7.42. The van der Waals surface area contributed by atoms with Gasteiger partial charge in [-0.3, -0.25) is 9.59 Å². The molecule has 0 N–H and O–H groups in total. The number of carbonyl (C=O) groups is 2. The summed E-state index contributed by atoms with van der Waals surface area (Å²) in [6.07, 6.45) is 10.8. The van der Waals surface area contributed by atoms with Crippen molar-refractivity contribution in [3.05, 3.63) is 23.8 Å². The quantitative estimate of drug-likeness (QED) is 0.615. The average Bonchev–Trinajstić information content (AvgIpc) is 3.10. The third-order valence-electron chi connectivity index (χ3n) is 8.65. The first-order chi connectivity index (χ1) is 11.9. The van der Waals surface area contributed by atoms with E-state index >= 15 is 0 Å². The van der Waals surface area contributed by atoms with E-state index in [1.54, 1.807) is 0 Å². The Hall–Kier alpha value is -1.38. The summed E-state index contributed by atoms with van der Waals surface area (Å²) < 4.78 is 5.99. The summed E-state index contributed by atoms with van der Waals surface area (Å²) in [5.74, 6) is 2.80. The lowest BCUT2D eigenvalue weighted by Gasteiger charge is -2.55. The number of esters is 1. The molecule has 5 aliphatic rings. The molecule has 3 unspecified atom stereocenters. The highest BCUT2D eigenvalue weighted by molar-refractivity contribution is 5.92. The van der Waals surface area contributed by atoms with E-state index in [1.807, 2.05) is 6.08 Å². The summed E-state index contributed by atoms with van der Waals surface area (Å²) >= 11 is 0. The van der Waals surface area contributed by atoms with Crippen LogP contribution < -0.4 is 0 Å². The van der Waals surface area contributed by atoms with E-state index in [4.69, 9.17) is 4.74 Å². The van der Waals surface area contributed by atoms with Gasteiger partial charge in [-0.1, -0.05) is 19.1 Å². The minimum Gasteiger partial charge on any atom is -0.458 e. The van der Waals surface area contributed by atoms with Gasteiger partial charge < -0.3 is 4.74 Å². The fourth-order valence-electron chi connectivity index (χ4n) is 7.42. The van der Waals surface area contributed by atoms with Crippen LogP contribution in [-0.2, 0) is 14.3 Å². The van der Waals surface area contributed by atoms with E-state index in [1.165, 1.54) is 24.0 Å². The Morgan fingerprint density at radius 1 is 1.08 bits per heavy atom. The lowest BCUT2D eigenvalue weighted by Crippen LogP contribution is -2.52. The summed E-state index contributed by atoms with van der Waals surface area (Å²) in [5, 5.41) is 0. The zero-order chi connectivity index (χ0) is 17.4. The fraction of sp³-hybridized carbons (Fsp3) is 0.727. The van der Waals surface area contributed by atoms with Crippen LogP contribution in [0.25, 0.3) is 0 Å². The molecular formula is C22H28O3. The maximum absolute atomic E-state index is 11.9. The Kier molecular flexibility index (Phi) is 3.22. The third-order valence-corrected chi connectivity index (χ3v) is 8.65. The third kappa shape index (κ3) is 1.98. The van der Waals surface area contributed by atoms with Gasteiger partial charge in [-0.25, -0.2) is 0 Å². The van der Waals surface area contributed by atoms with Crippen LogP contribution in [0, 0.1) is 29.1 Å². The van der Waals surface area contributed by atoms with Gasteiger partial charge in [0.05, 0.1) is 0 Å². The van der Waals surface area contributed by atoms with Gasteiger partial charge in [0.2, 0.25) is 0 Å². The van der Waals surface area contributed by atoms with Crippen molar-refractivity contribution in [3.63, 3.8) is 0 Å². The van der Waals surface area contributed by atoms with Crippen LogP contribution in [0.5, 0.6) is 0 Å². The summed E-state index contributed by atoms with van der Waals surface area (Å²) in [7, 11) is 0. The number of ketones is 1. The topological polar surface area (TPSA) is 43.4 Å². The largest absolute Gasteiger partial charge is 0.458 e. The van der Waals surface area contributed by atoms with E-state index in [2.05, 4.69) is 13.5 Å². The van der Waals surface area contributed by atoms with E-state index in [0.29, 0.717) is 36.5 Å². The second kappa shape index (κ2) is 5.08. The molecule has 0 radical (unpaired) electrons. The van der Waals surface area contributed by atoms with Crippen molar-refractivity contribution in [2.24, 2.45) is 29.1 Å². The van der Waals surface area contributed by atoms with Gasteiger partial charge in [-0.05, 0) is 80.3 Å². The van der Waals surface area contributed by atoms with Crippen LogP contribution in [0.15, 0.2) is 23.8 Å². The van der Waals surface area contributed by atoms with Crippen molar-refractivity contribution in [1.29, 1.82) is 0 Å². The van der Waals surface area contributed by atoms with Crippen molar-refractivity contribution in [1.82, 2.24) is 0 Å². The second-order valence-electron chi connectivity index (χ2n) is 9.42. The highest BCUT2D eigenvalue weighted by atomic mass is 16.6. The number of allylic oxidation sites excluding steroid dienone is 2. The summed E-state index contributed by atoms with van der Waals surface area (Å²) in [6, 6.07) is 0. The zero-order valence-electron chi connectivity index (χ0n) is 15.2. The number of carbonyl (C=O) groups excluding carboxylic acids is 2. The van der Waals surface area contributed by atoms with Crippen molar-refractivity contribution in [2.75, 3.05) is 0 Å². The number of hydrogen-bond acceptors (Lipinski definition) is 3. The first-order valence-corrected chi connectivity index (χ1v) is 10.1. The molecule has 0 aromatic carbocycles. The van der Waals surface area contributed by atoms with Crippen LogP contribution in [0.1, 0.15) is 64.7 Å². The first-order valence-electron chi connectivity index (χ1n) is 10.1. The van der Waals surface area contributed by atoms with E-state index < -0.39 is 0 Å². The molecule has 25 heavy (non-hydrogen) atoms. The smallest absolute Gasteiger partial charge is 0.306 e. The number of hydrogen-bond donors (Lipinski definition) is 0. The Balaban J connectivity index is 1.49. The van der Waals surface area contributed by atoms with E-state index in [9.17, 15) is 9.59 Å². The average molecular weight is 340 g/mol. The molecule has 6 atom stereocenters. The number of fused-ring (bicyclic) bond motifs is 6. The van der Waals surface area contributed by atoms with Gasteiger partial charge in [0.1, 0.15) is 5.60 Å². The molecule has 5 rings (SSSR count). The van der Waals surface area contributed by atoms with Gasteiger partial charge in [-0.15, -0.1) is 0 Å². The summed E-state index contributed by atoms with van der Waals surface area (Å²) in [5.41, 5.74) is 2.40.